The number of aliphatic carboxylic acids is 1. The van der Waals surface area contributed by atoms with E-state index in [9.17, 15) is 19.5 Å². The highest BCUT2D eigenvalue weighted by Gasteiger charge is 2.31. The largest absolute Gasteiger partial charge is 0.477 e. The van der Waals surface area contributed by atoms with Gasteiger partial charge in [-0.15, -0.1) is 0 Å². The Bertz CT molecular complexity index is 1130. The number of unbranched alkanes of at least 4 members (excludes halogenated alkanes) is 28. The zero-order valence-corrected chi connectivity index (χ0v) is 42.0. The van der Waals surface area contributed by atoms with E-state index in [-0.39, 0.29) is 36.2 Å². The number of allylic oxidation sites excluding steroid dienone is 6. The lowest BCUT2D eigenvalue weighted by atomic mass is 10.1. The van der Waals surface area contributed by atoms with Crippen LogP contribution in [0.25, 0.3) is 0 Å². The van der Waals surface area contributed by atoms with Gasteiger partial charge in [0.15, 0.2) is 12.1 Å². The van der Waals surface area contributed by atoms with Gasteiger partial charge in [0.05, 0.1) is 34.4 Å². The third-order valence-electron chi connectivity index (χ3n) is 12.0. The fourth-order valence-electron chi connectivity index (χ4n) is 7.88. The van der Waals surface area contributed by atoms with Crippen LogP contribution in [0.5, 0.6) is 0 Å². The lowest BCUT2D eigenvalue weighted by molar-refractivity contribution is -0.887. The van der Waals surface area contributed by atoms with Crippen molar-refractivity contribution in [2.24, 2.45) is 0 Å². The number of hydrogen-bond acceptors (Lipinski definition) is 6. The van der Waals surface area contributed by atoms with Gasteiger partial charge in [0.25, 0.3) is 0 Å². The van der Waals surface area contributed by atoms with Crippen molar-refractivity contribution in [3.63, 3.8) is 0 Å². The zero-order chi connectivity index (χ0) is 46.3. The van der Waals surface area contributed by atoms with Crippen molar-refractivity contribution >= 4 is 17.9 Å². The number of carbonyl (C=O) groups is 3. The van der Waals surface area contributed by atoms with E-state index in [4.69, 9.17) is 14.2 Å². The molecule has 0 aromatic heterocycles. The molecular formula is C55H102NO7+. The summed E-state index contributed by atoms with van der Waals surface area (Å²) in [5.41, 5.74) is 0. The average Bonchev–Trinajstić information content (AvgIpc) is 3.24. The van der Waals surface area contributed by atoms with Gasteiger partial charge in [-0.3, -0.25) is 9.59 Å². The van der Waals surface area contributed by atoms with E-state index in [2.05, 4.69) is 50.3 Å². The third-order valence-corrected chi connectivity index (χ3v) is 12.0. The number of nitrogens with zero attached hydrogens (tertiary/aromatic N) is 1. The quantitative estimate of drug-likeness (QED) is 0.0281. The first-order chi connectivity index (χ1) is 30.6. The van der Waals surface area contributed by atoms with E-state index >= 15 is 0 Å². The van der Waals surface area contributed by atoms with E-state index in [0.717, 1.165) is 44.9 Å². The van der Waals surface area contributed by atoms with E-state index in [1.54, 1.807) is 0 Å². The van der Waals surface area contributed by atoms with Crippen LogP contribution in [0.1, 0.15) is 245 Å². The summed E-state index contributed by atoms with van der Waals surface area (Å²) >= 11 is 0. The van der Waals surface area contributed by atoms with Crippen LogP contribution < -0.4 is 0 Å². The number of likely N-dealkylation sites (N-methyl/N-ethyl adjacent to an activating group) is 1. The monoisotopic (exact) mass is 889 g/mol. The SMILES string of the molecule is CCCCCCC/C=C\C/C=C\CCCCCCCCCCCC(=O)OC(COCCC(C(=O)O)[N+](C)(C)C)COC(=O)CCCCCCCCC/C=C\CCCCCCCCC. The first-order valence-electron chi connectivity index (χ1n) is 26.5. The fraction of sp³-hybridized carbons (Fsp3) is 0.836. The summed E-state index contributed by atoms with van der Waals surface area (Å²) in [6, 6.07) is -0.616. The minimum Gasteiger partial charge on any atom is -0.477 e. The summed E-state index contributed by atoms with van der Waals surface area (Å²) < 4.78 is 17.4. The molecule has 0 aromatic rings. The first-order valence-corrected chi connectivity index (χ1v) is 26.5. The van der Waals surface area contributed by atoms with Crippen LogP contribution in [0.4, 0.5) is 0 Å². The summed E-state index contributed by atoms with van der Waals surface area (Å²) in [6.45, 7) is 4.75. The second kappa shape index (κ2) is 46.1. The third kappa shape index (κ3) is 44.5. The summed E-state index contributed by atoms with van der Waals surface area (Å²) in [6.07, 6.45) is 54.7. The maximum Gasteiger partial charge on any atom is 0.362 e. The molecule has 368 valence electrons. The van der Waals surface area contributed by atoms with Crippen LogP contribution in [0, 0.1) is 0 Å². The number of rotatable bonds is 48. The average molecular weight is 889 g/mol. The summed E-state index contributed by atoms with van der Waals surface area (Å²) in [4.78, 5) is 37.2. The number of quaternary nitrogens is 1. The molecule has 0 aliphatic carbocycles. The van der Waals surface area contributed by atoms with Crippen molar-refractivity contribution in [3.8, 4) is 0 Å². The zero-order valence-electron chi connectivity index (χ0n) is 42.0. The normalized spacial score (nSPS) is 13.1. The van der Waals surface area contributed by atoms with Gasteiger partial charge in [0.1, 0.15) is 6.61 Å². The number of ether oxygens (including phenoxy) is 3. The molecule has 0 radical (unpaired) electrons. The second-order valence-corrected chi connectivity index (χ2v) is 19.1. The number of carboxylic acid groups (broad SMARTS) is 1. The molecule has 0 fully saturated rings. The maximum absolute atomic E-state index is 12.8. The molecule has 8 nitrogen and oxygen atoms in total. The molecule has 63 heavy (non-hydrogen) atoms. The number of carbonyl (C=O) groups excluding carboxylic acids is 2. The molecule has 0 spiro atoms. The molecule has 0 aliphatic rings. The second-order valence-electron chi connectivity index (χ2n) is 19.1. The van der Waals surface area contributed by atoms with Gasteiger partial charge in [-0.25, -0.2) is 4.79 Å². The van der Waals surface area contributed by atoms with Gasteiger partial charge in [0.2, 0.25) is 0 Å². The Kier molecular flexibility index (Phi) is 44.3. The Morgan fingerprint density at radius 2 is 0.841 bits per heavy atom. The van der Waals surface area contributed by atoms with Crippen molar-refractivity contribution in [1.82, 2.24) is 0 Å². The summed E-state index contributed by atoms with van der Waals surface area (Å²) in [5, 5.41) is 9.66. The number of esters is 2. The highest BCUT2D eigenvalue weighted by atomic mass is 16.6. The van der Waals surface area contributed by atoms with E-state index in [1.807, 2.05) is 21.1 Å². The molecule has 0 rings (SSSR count). The summed E-state index contributed by atoms with van der Waals surface area (Å²) in [7, 11) is 5.54. The summed E-state index contributed by atoms with van der Waals surface area (Å²) in [5.74, 6) is -1.47. The smallest absolute Gasteiger partial charge is 0.362 e. The van der Waals surface area contributed by atoms with Crippen LogP contribution >= 0.6 is 0 Å². The molecule has 0 aliphatic heterocycles. The molecule has 1 N–H and O–H groups in total. The lowest BCUT2D eigenvalue weighted by Gasteiger charge is -2.31. The predicted molar refractivity (Wildman–Crippen MR) is 266 cm³/mol. The molecular weight excluding hydrogens is 787 g/mol. The Morgan fingerprint density at radius 3 is 1.24 bits per heavy atom. The predicted octanol–water partition coefficient (Wildman–Crippen LogP) is 15.4. The fourth-order valence-corrected chi connectivity index (χ4v) is 7.88. The van der Waals surface area contributed by atoms with Gasteiger partial charge < -0.3 is 23.8 Å². The minimum absolute atomic E-state index is 0.0529. The molecule has 0 bridgehead atoms. The lowest BCUT2D eigenvalue weighted by Crippen LogP contribution is -2.50. The Morgan fingerprint density at radius 1 is 0.476 bits per heavy atom. The van der Waals surface area contributed by atoms with Crippen LogP contribution in [0.3, 0.4) is 0 Å². The van der Waals surface area contributed by atoms with Crippen LogP contribution in [0.15, 0.2) is 36.5 Å². The maximum atomic E-state index is 12.8. The topological polar surface area (TPSA) is 99.1 Å². The van der Waals surface area contributed by atoms with Crippen LogP contribution in [-0.2, 0) is 28.6 Å². The standard InChI is InChI=1S/C55H101NO7/c1-6-8-10-12-14-16-18-20-22-24-26-27-28-30-32-34-36-38-40-42-44-46-54(58)63-51(49-61-48-47-52(55(59)60)56(3,4)5)50-62-53(57)45-43-41-39-37-35-33-31-29-25-23-21-19-17-15-13-11-9-7-2/h18,20,23-26,51-52H,6-17,19,21-22,27-50H2,1-5H3/p+1/b20-18-,25-23-,26-24-. The number of hydrogen-bond donors (Lipinski definition) is 1. The van der Waals surface area contributed by atoms with Crippen molar-refractivity contribution in [2.45, 2.75) is 257 Å². The molecule has 8 heteroatoms. The van der Waals surface area contributed by atoms with Crippen molar-refractivity contribution in [2.75, 3.05) is 41.0 Å². The molecule has 2 unspecified atom stereocenters. The highest BCUT2D eigenvalue weighted by Crippen LogP contribution is 2.15. The van der Waals surface area contributed by atoms with Gasteiger partial charge in [-0.1, -0.05) is 192 Å². The molecule has 2 atom stereocenters. The van der Waals surface area contributed by atoms with Gasteiger partial charge >= 0.3 is 17.9 Å². The Labute approximate surface area is 389 Å². The van der Waals surface area contributed by atoms with Crippen LogP contribution in [0.2, 0.25) is 0 Å². The van der Waals surface area contributed by atoms with E-state index in [0.29, 0.717) is 19.3 Å². The van der Waals surface area contributed by atoms with E-state index in [1.165, 1.54) is 167 Å². The molecule has 0 saturated carbocycles. The van der Waals surface area contributed by atoms with Crippen LogP contribution in [-0.4, -0.2) is 80.6 Å². The van der Waals surface area contributed by atoms with E-state index < -0.39 is 18.1 Å². The van der Waals surface area contributed by atoms with Gasteiger partial charge in [0, 0.05) is 19.3 Å². The van der Waals surface area contributed by atoms with Gasteiger partial charge in [-0.2, -0.15) is 0 Å². The Hall–Kier alpha value is -2.45. The van der Waals surface area contributed by atoms with Crippen molar-refractivity contribution < 1.29 is 38.2 Å². The first kappa shape index (κ1) is 60.5. The van der Waals surface area contributed by atoms with Crippen molar-refractivity contribution in [3.05, 3.63) is 36.5 Å². The molecule has 0 saturated heterocycles. The Balaban J connectivity index is 4.23. The molecule has 0 heterocycles. The number of carboxylic acids is 1. The minimum atomic E-state index is -0.874. The van der Waals surface area contributed by atoms with Crippen molar-refractivity contribution in [1.29, 1.82) is 0 Å². The van der Waals surface area contributed by atoms with Gasteiger partial charge in [-0.05, 0) is 70.6 Å². The molecule has 0 amide bonds. The highest BCUT2D eigenvalue weighted by molar-refractivity contribution is 5.72. The molecule has 0 aromatic carbocycles.